The second kappa shape index (κ2) is 5.82. The first-order valence-electron chi connectivity index (χ1n) is 6.80. The molecule has 2 aliphatic rings. The summed E-state index contributed by atoms with van der Waals surface area (Å²) in [5, 5.41) is 3.40. The fourth-order valence-electron chi connectivity index (χ4n) is 2.69. The Labute approximate surface area is 107 Å². The van der Waals surface area contributed by atoms with Crippen molar-refractivity contribution in [2.75, 3.05) is 33.0 Å². The van der Waals surface area contributed by atoms with Crippen molar-refractivity contribution in [1.29, 1.82) is 0 Å². The van der Waals surface area contributed by atoms with Crippen molar-refractivity contribution >= 4 is 0 Å². The van der Waals surface area contributed by atoms with E-state index < -0.39 is 0 Å². The summed E-state index contributed by atoms with van der Waals surface area (Å²) in [6.45, 7) is 5.31. The third-order valence-electron chi connectivity index (χ3n) is 3.83. The van der Waals surface area contributed by atoms with E-state index in [1.807, 2.05) is 12.5 Å². The summed E-state index contributed by atoms with van der Waals surface area (Å²) >= 11 is 0. The Morgan fingerprint density at radius 3 is 3.17 bits per heavy atom. The molecule has 1 saturated heterocycles. The van der Waals surface area contributed by atoms with Crippen LogP contribution in [-0.2, 0) is 16.0 Å². The minimum absolute atomic E-state index is 0.385. The summed E-state index contributed by atoms with van der Waals surface area (Å²) in [5.41, 5.74) is 1.25. The largest absolute Gasteiger partial charge is 0.381 e. The SMILES string of the molecule is c1ncn2c1CNCC2COCC1CCOCC1. The number of nitrogens with zero attached hydrogens (tertiary/aromatic N) is 2. The van der Waals surface area contributed by atoms with Gasteiger partial charge in [-0.25, -0.2) is 4.98 Å². The lowest BCUT2D eigenvalue weighted by Crippen LogP contribution is -2.35. The Morgan fingerprint density at radius 1 is 1.39 bits per heavy atom. The molecule has 0 bridgehead atoms. The minimum atomic E-state index is 0.385. The van der Waals surface area contributed by atoms with Gasteiger partial charge in [-0.1, -0.05) is 0 Å². The first kappa shape index (κ1) is 12.1. The van der Waals surface area contributed by atoms with Crippen LogP contribution in [0.5, 0.6) is 0 Å². The molecule has 2 aliphatic heterocycles. The zero-order valence-electron chi connectivity index (χ0n) is 10.7. The van der Waals surface area contributed by atoms with Crippen molar-refractivity contribution in [3.63, 3.8) is 0 Å². The Hall–Kier alpha value is -0.910. The van der Waals surface area contributed by atoms with E-state index in [-0.39, 0.29) is 0 Å². The molecule has 1 aromatic heterocycles. The Kier molecular flexibility index (Phi) is 3.93. The summed E-state index contributed by atoms with van der Waals surface area (Å²) in [5.74, 6) is 0.678. The summed E-state index contributed by atoms with van der Waals surface area (Å²) in [7, 11) is 0. The maximum atomic E-state index is 5.89. The number of hydrogen-bond acceptors (Lipinski definition) is 4. The van der Waals surface area contributed by atoms with Crippen LogP contribution in [0.1, 0.15) is 24.6 Å². The molecule has 3 rings (SSSR count). The van der Waals surface area contributed by atoms with Gasteiger partial charge in [-0.15, -0.1) is 0 Å². The molecule has 0 radical (unpaired) electrons. The lowest BCUT2D eigenvalue weighted by molar-refractivity contribution is 0.0115. The molecule has 0 aromatic carbocycles. The van der Waals surface area contributed by atoms with E-state index in [1.54, 1.807) is 0 Å². The van der Waals surface area contributed by atoms with E-state index in [4.69, 9.17) is 9.47 Å². The number of hydrogen-bond donors (Lipinski definition) is 1. The van der Waals surface area contributed by atoms with E-state index in [0.717, 1.165) is 52.4 Å². The summed E-state index contributed by atoms with van der Waals surface area (Å²) < 4.78 is 13.5. The number of nitrogens with one attached hydrogen (secondary N) is 1. The Morgan fingerprint density at radius 2 is 2.28 bits per heavy atom. The van der Waals surface area contributed by atoms with E-state index in [1.165, 1.54) is 5.69 Å². The van der Waals surface area contributed by atoms with Gasteiger partial charge >= 0.3 is 0 Å². The van der Waals surface area contributed by atoms with Gasteiger partial charge < -0.3 is 19.4 Å². The summed E-state index contributed by atoms with van der Waals surface area (Å²) in [6.07, 6.45) is 6.12. The van der Waals surface area contributed by atoms with E-state index in [9.17, 15) is 0 Å². The molecule has 18 heavy (non-hydrogen) atoms. The molecule has 0 saturated carbocycles. The molecule has 0 aliphatic carbocycles. The van der Waals surface area contributed by atoms with Gasteiger partial charge in [0, 0.05) is 39.1 Å². The van der Waals surface area contributed by atoms with Crippen molar-refractivity contribution in [2.45, 2.75) is 25.4 Å². The van der Waals surface area contributed by atoms with Crippen LogP contribution in [0.4, 0.5) is 0 Å². The molecule has 5 heteroatoms. The van der Waals surface area contributed by atoms with Gasteiger partial charge in [0.1, 0.15) is 0 Å². The number of imidazole rings is 1. The normalized spacial score (nSPS) is 25.0. The van der Waals surface area contributed by atoms with Gasteiger partial charge in [0.25, 0.3) is 0 Å². The van der Waals surface area contributed by atoms with Crippen molar-refractivity contribution in [1.82, 2.24) is 14.9 Å². The van der Waals surface area contributed by atoms with Crippen LogP contribution in [0.15, 0.2) is 12.5 Å². The topological polar surface area (TPSA) is 48.3 Å². The zero-order valence-corrected chi connectivity index (χ0v) is 10.7. The molecule has 3 heterocycles. The highest BCUT2D eigenvalue weighted by Crippen LogP contribution is 2.18. The standard InChI is InChI=1S/C13H21N3O2/c1-3-17-4-2-11(1)8-18-9-13-7-14-5-12-6-15-10-16(12)13/h6,10-11,13-14H,1-5,7-9H2. The van der Waals surface area contributed by atoms with E-state index in [2.05, 4.69) is 14.9 Å². The third-order valence-corrected chi connectivity index (χ3v) is 3.83. The number of aromatic nitrogens is 2. The maximum absolute atomic E-state index is 5.89. The van der Waals surface area contributed by atoms with Crippen LogP contribution in [0, 0.1) is 5.92 Å². The minimum Gasteiger partial charge on any atom is -0.381 e. The van der Waals surface area contributed by atoms with Crippen molar-refractivity contribution in [3.05, 3.63) is 18.2 Å². The Balaban J connectivity index is 1.46. The van der Waals surface area contributed by atoms with Crippen molar-refractivity contribution in [2.24, 2.45) is 5.92 Å². The molecule has 0 amide bonds. The smallest absolute Gasteiger partial charge is 0.0952 e. The Bertz CT molecular complexity index is 374. The van der Waals surface area contributed by atoms with Crippen LogP contribution >= 0.6 is 0 Å². The molecule has 5 nitrogen and oxygen atoms in total. The van der Waals surface area contributed by atoms with Gasteiger partial charge in [0.15, 0.2) is 0 Å². The van der Waals surface area contributed by atoms with Crippen molar-refractivity contribution in [3.8, 4) is 0 Å². The van der Waals surface area contributed by atoms with Gasteiger partial charge in [-0.3, -0.25) is 0 Å². The van der Waals surface area contributed by atoms with Crippen LogP contribution in [0.3, 0.4) is 0 Å². The second-order valence-electron chi connectivity index (χ2n) is 5.17. The fraction of sp³-hybridized carbons (Fsp3) is 0.769. The van der Waals surface area contributed by atoms with Crippen LogP contribution in [-0.4, -0.2) is 42.5 Å². The van der Waals surface area contributed by atoms with Gasteiger partial charge in [0.05, 0.1) is 24.7 Å². The van der Waals surface area contributed by atoms with Crippen LogP contribution in [0.25, 0.3) is 0 Å². The van der Waals surface area contributed by atoms with Crippen molar-refractivity contribution < 1.29 is 9.47 Å². The van der Waals surface area contributed by atoms with Gasteiger partial charge in [0.2, 0.25) is 0 Å². The zero-order chi connectivity index (χ0) is 12.2. The number of fused-ring (bicyclic) bond motifs is 1. The fourth-order valence-corrected chi connectivity index (χ4v) is 2.69. The predicted molar refractivity (Wildman–Crippen MR) is 67.3 cm³/mol. The highest BCUT2D eigenvalue weighted by molar-refractivity contribution is 5.03. The molecular weight excluding hydrogens is 230 g/mol. The highest BCUT2D eigenvalue weighted by Gasteiger charge is 2.20. The molecule has 100 valence electrons. The summed E-state index contributed by atoms with van der Waals surface area (Å²) in [6, 6.07) is 0.385. The molecule has 1 aromatic rings. The lowest BCUT2D eigenvalue weighted by atomic mass is 10.0. The van der Waals surface area contributed by atoms with Gasteiger partial charge in [-0.05, 0) is 18.8 Å². The molecule has 1 atom stereocenters. The lowest BCUT2D eigenvalue weighted by Gasteiger charge is -2.27. The number of rotatable bonds is 4. The highest BCUT2D eigenvalue weighted by atomic mass is 16.5. The monoisotopic (exact) mass is 251 g/mol. The summed E-state index contributed by atoms with van der Waals surface area (Å²) in [4.78, 5) is 4.20. The first-order valence-corrected chi connectivity index (χ1v) is 6.80. The second-order valence-corrected chi connectivity index (χ2v) is 5.17. The molecule has 0 spiro atoms. The predicted octanol–water partition coefficient (Wildman–Crippen LogP) is 0.971. The van der Waals surface area contributed by atoms with Gasteiger partial charge in [-0.2, -0.15) is 0 Å². The molecule has 1 fully saturated rings. The van der Waals surface area contributed by atoms with Crippen LogP contribution < -0.4 is 5.32 Å². The molecule has 1 unspecified atom stereocenters. The average molecular weight is 251 g/mol. The molecule has 1 N–H and O–H groups in total. The van der Waals surface area contributed by atoms with E-state index >= 15 is 0 Å². The molecular formula is C13H21N3O2. The van der Waals surface area contributed by atoms with E-state index in [0.29, 0.717) is 12.0 Å². The quantitative estimate of drug-likeness (QED) is 0.866. The maximum Gasteiger partial charge on any atom is 0.0952 e. The first-order chi connectivity index (χ1) is 8.93. The third kappa shape index (κ3) is 2.74. The number of ether oxygens (including phenoxy) is 2. The van der Waals surface area contributed by atoms with Crippen LogP contribution in [0.2, 0.25) is 0 Å². The average Bonchev–Trinajstić information content (AvgIpc) is 2.89.